The summed E-state index contributed by atoms with van der Waals surface area (Å²) < 4.78 is 1.92. The summed E-state index contributed by atoms with van der Waals surface area (Å²) in [7, 11) is 0. The Labute approximate surface area is 107 Å². The minimum Gasteiger partial charge on any atom is -0.353 e. The Morgan fingerprint density at radius 3 is 2.94 bits per heavy atom. The molecular formula is C13H19N5. The van der Waals surface area contributed by atoms with Crippen LogP contribution in [0.15, 0.2) is 18.5 Å². The van der Waals surface area contributed by atoms with Crippen LogP contribution in [-0.4, -0.2) is 39.8 Å². The van der Waals surface area contributed by atoms with Crippen molar-refractivity contribution in [1.82, 2.24) is 19.9 Å². The first kappa shape index (κ1) is 11.5. The van der Waals surface area contributed by atoms with Crippen LogP contribution >= 0.6 is 0 Å². The lowest BCUT2D eigenvalue weighted by Crippen LogP contribution is -2.57. The number of pyridine rings is 1. The number of hydrogen-bond donors (Lipinski definition) is 1. The van der Waals surface area contributed by atoms with E-state index in [9.17, 15) is 0 Å². The minimum atomic E-state index is 0.134. The second-order valence-electron chi connectivity index (χ2n) is 5.65. The van der Waals surface area contributed by atoms with Gasteiger partial charge in [-0.25, -0.2) is 4.98 Å². The standard InChI is InChI=1S/C13H19N5/c1-10-6-11-14-9-16-18(11)12(7-10)17-5-4-15-13(2,3)8-17/h6-7,9,15H,4-5,8H2,1-3H3. The first-order valence-corrected chi connectivity index (χ1v) is 6.36. The van der Waals surface area contributed by atoms with E-state index in [2.05, 4.69) is 53.2 Å². The molecule has 18 heavy (non-hydrogen) atoms. The molecule has 0 amide bonds. The van der Waals surface area contributed by atoms with E-state index in [1.165, 1.54) is 5.56 Å². The van der Waals surface area contributed by atoms with Gasteiger partial charge < -0.3 is 10.2 Å². The number of rotatable bonds is 1. The molecule has 0 saturated carbocycles. The third kappa shape index (κ3) is 1.95. The van der Waals surface area contributed by atoms with Crippen LogP contribution in [0.25, 0.3) is 5.65 Å². The van der Waals surface area contributed by atoms with E-state index in [0.29, 0.717) is 0 Å². The van der Waals surface area contributed by atoms with Gasteiger partial charge in [-0.2, -0.15) is 9.61 Å². The van der Waals surface area contributed by atoms with Gasteiger partial charge in [0, 0.05) is 25.2 Å². The van der Waals surface area contributed by atoms with Crippen LogP contribution in [0.3, 0.4) is 0 Å². The summed E-state index contributed by atoms with van der Waals surface area (Å²) in [5.74, 6) is 1.14. The normalized spacial score (nSPS) is 19.4. The molecule has 0 bridgehead atoms. The van der Waals surface area contributed by atoms with Crippen molar-refractivity contribution in [2.75, 3.05) is 24.5 Å². The first-order valence-electron chi connectivity index (χ1n) is 6.36. The number of anilines is 1. The molecule has 5 heteroatoms. The Morgan fingerprint density at radius 2 is 2.17 bits per heavy atom. The highest BCUT2D eigenvalue weighted by molar-refractivity contribution is 5.53. The number of fused-ring (bicyclic) bond motifs is 1. The van der Waals surface area contributed by atoms with E-state index in [-0.39, 0.29) is 5.54 Å². The van der Waals surface area contributed by atoms with Crippen molar-refractivity contribution < 1.29 is 0 Å². The van der Waals surface area contributed by atoms with Crippen molar-refractivity contribution in [1.29, 1.82) is 0 Å². The fourth-order valence-corrected chi connectivity index (χ4v) is 2.60. The van der Waals surface area contributed by atoms with E-state index in [0.717, 1.165) is 31.1 Å². The smallest absolute Gasteiger partial charge is 0.157 e. The van der Waals surface area contributed by atoms with Crippen molar-refractivity contribution in [2.45, 2.75) is 26.3 Å². The maximum atomic E-state index is 4.33. The topological polar surface area (TPSA) is 45.5 Å². The van der Waals surface area contributed by atoms with Crippen LogP contribution in [0.2, 0.25) is 0 Å². The summed E-state index contributed by atoms with van der Waals surface area (Å²) in [5, 5.41) is 7.85. The van der Waals surface area contributed by atoms with Gasteiger partial charge in [0.05, 0.1) is 0 Å². The van der Waals surface area contributed by atoms with E-state index in [1.54, 1.807) is 6.33 Å². The van der Waals surface area contributed by atoms with Crippen LogP contribution in [0.4, 0.5) is 5.82 Å². The average molecular weight is 245 g/mol. The minimum absolute atomic E-state index is 0.134. The van der Waals surface area contributed by atoms with Gasteiger partial charge in [-0.05, 0) is 38.5 Å². The van der Waals surface area contributed by atoms with Gasteiger partial charge in [-0.1, -0.05) is 0 Å². The zero-order chi connectivity index (χ0) is 12.8. The van der Waals surface area contributed by atoms with Crippen molar-refractivity contribution in [3.05, 3.63) is 24.0 Å². The summed E-state index contributed by atoms with van der Waals surface area (Å²) in [6.45, 7) is 9.54. The molecule has 2 aromatic rings. The Balaban J connectivity index is 2.05. The van der Waals surface area contributed by atoms with Crippen molar-refractivity contribution in [2.24, 2.45) is 0 Å². The highest BCUT2D eigenvalue weighted by Gasteiger charge is 2.27. The van der Waals surface area contributed by atoms with Gasteiger partial charge in [-0.15, -0.1) is 0 Å². The van der Waals surface area contributed by atoms with Gasteiger partial charge in [0.15, 0.2) is 5.65 Å². The molecule has 0 atom stereocenters. The summed E-state index contributed by atoms with van der Waals surface area (Å²) in [4.78, 5) is 6.66. The third-order valence-corrected chi connectivity index (χ3v) is 3.40. The first-order chi connectivity index (χ1) is 8.55. The summed E-state index contributed by atoms with van der Waals surface area (Å²) >= 11 is 0. The number of hydrogen-bond acceptors (Lipinski definition) is 4. The molecule has 5 nitrogen and oxygen atoms in total. The van der Waals surface area contributed by atoms with Gasteiger partial charge >= 0.3 is 0 Å². The molecule has 0 aliphatic carbocycles. The van der Waals surface area contributed by atoms with Crippen LogP contribution in [0.1, 0.15) is 19.4 Å². The molecule has 1 aliphatic rings. The predicted molar refractivity (Wildman–Crippen MR) is 72.0 cm³/mol. The SMILES string of the molecule is Cc1cc(N2CCNC(C)(C)C2)n2ncnc2c1. The molecule has 96 valence electrons. The van der Waals surface area contributed by atoms with Crippen molar-refractivity contribution in [3.63, 3.8) is 0 Å². The molecule has 0 spiro atoms. The van der Waals surface area contributed by atoms with E-state index in [4.69, 9.17) is 0 Å². The van der Waals surface area contributed by atoms with Crippen LogP contribution < -0.4 is 10.2 Å². The molecular weight excluding hydrogens is 226 g/mol. The van der Waals surface area contributed by atoms with Crippen LogP contribution in [0.5, 0.6) is 0 Å². The monoisotopic (exact) mass is 245 g/mol. The number of nitrogens with one attached hydrogen (secondary N) is 1. The Kier molecular flexibility index (Phi) is 2.52. The molecule has 1 fully saturated rings. The van der Waals surface area contributed by atoms with Crippen molar-refractivity contribution in [3.8, 4) is 0 Å². The lowest BCUT2D eigenvalue weighted by Gasteiger charge is -2.40. The molecule has 1 N–H and O–H groups in total. The maximum Gasteiger partial charge on any atom is 0.157 e. The zero-order valence-corrected chi connectivity index (χ0v) is 11.1. The van der Waals surface area contributed by atoms with Gasteiger partial charge in [-0.3, -0.25) is 0 Å². The molecule has 1 saturated heterocycles. The molecule has 1 aliphatic heterocycles. The largest absolute Gasteiger partial charge is 0.353 e. The van der Waals surface area contributed by atoms with Gasteiger partial charge in [0.2, 0.25) is 0 Å². The Hall–Kier alpha value is -1.62. The summed E-state index contributed by atoms with van der Waals surface area (Å²) in [6.07, 6.45) is 1.62. The second-order valence-corrected chi connectivity index (χ2v) is 5.65. The summed E-state index contributed by atoms with van der Waals surface area (Å²) in [5.41, 5.74) is 2.28. The number of aromatic nitrogens is 3. The number of piperazine rings is 1. The molecule has 2 aromatic heterocycles. The molecule has 3 rings (SSSR count). The summed E-state index contributed by atoms with van der Waals surface area (Å²) in [6, 6.07) is 4.24. The Bertz CT molecular complexity index is 572. The quantitative estimate of drug-likeness (QED) is 0.820. The van der Waals surface area contributed by atoms with Crippen LogP contribution in [-0.2, 0) is 0 Å². The highest BCUT2D eigenvalue weighted by Crippen LogP contribution is 2.21. The highest BCUT2D eigenvalue weighted by atomic mass is 15.4. The van der Waals surface area contributed by atoms with Gasteiger partial charge in [0.25, 0.3) is 0 Å². The number of nitrogens with zero attached hydrogens (tertiary/aromatic N) is 4. The Morgan fingerprint density at radius 1 is 1.33 bits per heavy atom. The zero-order valence-electron chi connectivity index (χ0n) is 11.1. The second kappa shape index (κ2) is 3.95. The van der Waals surface area contributed by atoms with E-state index < -0.39 is 0 Å². The molecule has 0 radical (unpaired) electrons. The fraction of sp³-hybridized carbons (Fsp3) is 0.538. The molecule has 0 unspecified atom stereocenters. The van der Waals surface area contributed by atoms with Gasteiger partial charge in [0.1, 0.15) is 12.1 Å². The number of aryl methyl sites for hydroxylation is 1. The maximum absolute atomic E-state index is 4.33. The lowest BCUT2D eigenvalue weighted by molar-refractivity contribution is 0.351. The average Bonchev–Trinajstić information content (AvgIpc) is 2.74. The molecule has 3 heterocycles. The third-order valence-electron chi connectivity index (χ3n) is 3.40. The predicted octanol–water partition coefficient (Wildman–Crippen LogP) is 1.23. The van der Waals surface area contributed by atoms with Crippen LogP contribution in [0, 0.1) is 6.92 Å². The fourth-order valence-electron chi connectivity index (χ4n) is 2.60. The van der Waals surface area contributed by atoms with Crippen molar-refractivity contribution >= 4 is 11.5 Å². The van der Waals surface area contributed by atoms with E-state index >= 15 is 0 Å². The molecule has 0 aromatic carbocycles. The van der Waals surface area contributed by atoms with E-state index in [1.807, 2.05) is 4.52 Å². The lowest BCUT2D eigenvalue weighted by atomic mass is 10.0.